The summed E-state index contributed by atoms with van der Waals surface area (Å²) in [5, 5.41) is 6.40. The Labute approximate surface area is 106 Å². The third-order valence-electron chi connectivity index (χ3n) is 3.12. The smallest absolute Gasteiger partial charge is 0.257 e. The second kappa shape index (κ2) is 5.20. The summed E-state index contributed by atoms with van der Waals surface area (Å²) >= 11 is 0. The van der Waals surface area contributed by atoms with Crippen LogP contribution in [-0.2, 0) is 4.79 Å². The van der Waals surface area contributed by atoms with E-state index in [4.69, 9.17) is 0 Å². The minimum absolute atomic E-state index is 0.0149. The molecule has 1 aromatic rings. The van der Waals surface area contributed by atoms with Crippen molar-refractivity contribution in [3.63, 3.8) is 0 Å². The Hall–Kier alpha value is -1.85. The molecule has 0 radical (unpaired) electrons. The Morgan fingerprint density at radius 2 is 1.83 bits per heavy atom. The van der Waals surface area contributed by atoms with E-state index in [9.17, 15) is 9.59 Å². The molecule has 0 spiro atoms. The number of piperazine rings is 1. The van der Waals surface area contributed by atoms with Gasteiger partial charge >= 0.3 is 0 Å². The fraction of sp³-hybridized carbons (Fsp3) is 0.583. The molecule has 6 nitrogen and oxygen atoms in total. The van der Waals surface area contributed by atoms with E-state index in [1.54, 1.807) is 11.1 Å². The molecule has 1 aliphatic rings. The van der Waals surface area contributed by atoms with E-state index in [0.29, 0.717) is 31.7 Å². The number of nitrogens with zero attached hydrogens (tertiary/aromatic N) is 3. The van der Waals surface area contributed by atoms with Crippen molar-refractivity contribution < 1.29 is 9.59 Å². The lowest BCUT2D eigenvalue weighted by molar-refractivity contribution is -0.135. The molecule has 98 valence electrons. The van der Waals surface area contributed by atoms with Crippen LogP contribution in [0.2, 0.25) is 0 Å². The zero-order chi connectivity index (χ0) is 13.1. The molecule has 1 fully saturated rings. The standard InChI is InChI=1S/C12H18N4O2/c1-9(2)11(17)15-3-5-16(6-4-15)12(18)10-7-13-14-8-10/h7-9H,3-6H2,1-2H3,(H,13,14). The van der Waals surface area contributed by atoms with Gasteiger partial charge in [-0.1, -0.05) is 13.8 Å². The number of rotatable bonds is 2. The average Bonchev–Trinajstić information content (AvgIpc) is 2.91. The molecule has 0 unspecified atom stereocenters. The molecule has 1 aromatic heterocycles. The Kier molecular flexibility index (Phi) is 3.64. The van der Waals surface area contributed by atoms with Crippen LogP contribution in [0, 0.1) is 5.92 Å². The van der Waals surface area contributed by atoms with Crippen LogP contribution in [0.15, 0.2) is 12.4 Å². The van der Waals surface area contributed by atoms with Crippen molar-refractivity contribution in [1.82, 2.24) is 20.0 Å². The van der Waals surface area contributed by atoms with Crippen molar-refractivity contribution in [3.05, 3.63) is 18.0 Å². The molecule has 0 aromatic carbocycles. The first kappa shape index (κ1) is 12.6. The Balaban J connectivity index is 1.91. The minimum atomic E-state index is -0.0274. The Bertz CT molecular complexity index is 419. The number of H-pyrrole nitrogens is 1. The highest BCUT2D eigenvalue weighted by molar-refractivity contribution is 5.93. The van der Waals surface area contributed by atoms with Gasteiger partial charge in [-0.3, -0.25) is 14.7 Å². The van der Waals surface area contributed by atoms with Crippen LogP contribution in [-0.4, -0.2) is 58.0 Å². The van der Waals surface area contributed by atoms with Crippen LogP contribution >= 0.6 is 0 Å². The Morgan fingerprint density at radius 3 is 2.33 bits per heavy atom. The summed E-state index contributed by atoms with van der Waals surface area (Å²) in [6, 6.07) is 0. The molecule has 1 saturated heterocycles. The van der Waals surface area contributed by atoms with Crippen molar-refractivity contribution in [1.29, 1.82) is 0 Å². The zero-order valence-electron chi connectivity index (χ0n) is 10.7. The zero-order valence-corrected chi connectivity index (χ0v) is 10.7. The highest BCUT2D eigenvalue weighted by Gasteiger charge is 2.26. The van der Waals surface area contributed by atoms with Gasteiger partial charge in [-0.25, -0.2) is 0 Å². The van der Waals surface area contributed by atoms with Crippen LogP contribution < -0.4 is 0 Å². The van der Waals surface area contributed by atoms with E-state index in [0.717, 1.165) is 0 Å². The topological polar surface area (TPSA) is 69.3 Å². The average molecular weight is 250 g/mol. The molecule has 18 heavy (non-hydrogen) atoms. The number of hydrogen-bond donors (Lipinski definition) is 1. The molecule has 1 N–H and O–H groups in total. The number of hydrogen-bond acceptors (Lipinski definition) is 3. The van der Waals surface area contributed by atoms with Crippen molar-refractivity contribution >= 4 is 11.8 Å². The molecule has 0 bridgehead atoms. The van der Waals surface area contributed by atoms with E-state index in [1.807, 2.05) is 18.7 Å². The van der Waals surface area contributed by atoms with E-state index < -0.39 is 0 Å². The summed E-state index contributed by atoms with van der Waals surface area (Å²) in [6.07, 6.45) is 3.11. The van der Waals surface area contributed by atoms with Crippen molar-refractivity contribution in [2.45, 2.75) is 13.8 Å². The summed E-state index contributed by atoms with van der Waals surface area (Å²) in [5.74, 6) is 0.145. The van der Waals surface area contributed by atoms with Crippen LogP contribution in [0.4, 0.5) is 0 Å². The minimum Gasteiger partial charge on any atom is -0.339 e. The van der Waals surface area contributed by atoms with E-state index >= 15 is 0 Å². The lowest BCUT2D eigenvalue weighted by Gasteiger charge is -2.35. The number of aromatic nitrogens is 2. The SMILES string of the molecule is CC(C)C(=O)N1CCN(C(=O)c2cn[nH]c2)CC1. The van der Waals surface area contributed by atoms with Gasteiger partial charge in [0.1, 0.15) is 0 Å². The van der Waals surface area contributed by atoms with Crippen molar-refractivity contribution in [2.24, 2.45) is 5.92 Å². The quantitative estimate of drug-likeness (QED) is 0.823. The molecule has 0 aliphatic carbocycles. The normalized spacial score (nSPS) is 16.2. The summed E-state index contributed by atoms with van der Waals surface area (Å²) in [4.78, 5) is 27.4. The second-order valence-corrected chi connectivity index (χ2v) is 4.76. The third-order valence-corrected chi connectivity index (χ3v) is 3.12. The lowest BCUT2D eigenvalue weighted by Crippen LogP contribution is -2.51. The maximum Gasteiger partial charge on any atom is 0.257 e. The monoisotopic (exact) mass is 250 g/mol. The molecule has 2 heterocycles. The predicted molar refractivity (Wildman–Crippen MR) is 65.9 cm³/mol. The largest absolute Gasteiger partial charge is 0.339 e. The Morgan fingerprint density at radius 1 is 1.22 bits per heavy atom. The van der Waals surface area contributed by atoms with Gasteiger partial charge < -0.3 is 9.80 Å². The fourth-order valence-electron chi connectivity index (χ4n) is 2.05. The molecule has 2 amide bonds. The summed E-state index contributed by atoms with van der Waals surface area (Å²) in [5.41, 5.74) is 0.568. The predicted octanol–water partition coefficient (Wildman–Crippen LogP) is 0.350. The molecule has 6 heteroatoms. The van der Waals surface area contributed by atoms with Crippen molar-refractivity contribution in [3.8, 4) is 0 Å². The molecule has 0 atom stereocenters. The van der Waals surface area contributed by atoms with E-state index in [2.05, 4.69) is 10.2 Å². The summed E-state index contributed by atoms with van der Waals surface area (Å²) in [7, 11) is 0. The van der Waals surface area contributed by atoms with Gasteiger partial charge in [-0.05, 0) is 0 Å². The third kappa shape index (κ3) is 2.52. The van der Waals surface area contributed by atoms with Crippen LogP contribution in [0.5, 0.6) is 0 Å². The lowest BCUT2D eigenvalue weighted by atomic mass is 10.1. The molecular weight excluding hydrogens is 232 g/mol. The van der Waals surface area contributed by atoms with E-state index in [1.165, 1.54) is 6.20 Å². The number of nitrogens with one attached hydrogen (secondary N) is 1. The van der Waals surface area contributed by atoms with E-state index in [-0.39, 0.29) is 17.7 Å². The van der Waals surface area contributed by atoms with Gasteiger partial charge in [0.25, 0.3) is 5.91 Å². The first-order valence-electron chi connectivity index (χ1n) is 6.16. The van der Waals surface area contributed by atoms with Crippen LogP contribution in [0.25, 0.3) is 0 Å². The molecular formula is C12H18N4O2. The summed E-state index contributed by atoms with van der Waals surface area (Å²) in [6.45, 7) is 6.18. The highest BCUT2D eigenvalue weighted by atomic mass is 16.2. The summed E-state index contributed by atoms with van der Waals surface area (Å²) < 4.78 is 0. The first-order valence-corrected chi connectivity index (χ1v) is 6.16. The van der Waals surface area contributed by atoms with Gasteiger partial charge in [0.2, 0.25) is 5.91 Å². The number of carbonyl (C=O) groups is 2. The van der Waals surface area contributed by atoms with Gasteiger partial charge in [0.15, 0.2) is 0 Å². The van der Waals surface area contributed by atoms with Gasteiger partial charge in [-0.2, -0.15) is 5.10 Å². The maximum atomic E-state index is 12.0. The maximum absolute atomic E-state index is 12.0. The number of carbonyl (C=O) groups excluding carboxylic acids is 2. The van der Waals surface area contributed by atoms with Crippen LogP contribution in [0.1, 0.15) is 24.2 Å². The molecule has 0 saturated carbocycles. The van der Waals surface area contributed by atoms with Crippen molar-refractivity contribution in [2.75, 3.05) is 26.2 Å². The highest BCUT2D eigenvalue weighted by Crippen LogP contribution is 2.10. The fourth-order valence-corrected chi connectivity index (χ4v) is 2.05. The molecule has 1 aliphatic heterocycles. The number of amides is 2. The second-order valence-electron chi connectivity index (χ2n) is 4.76. The van der Waals surface area contributed by atoms with Gasteiger partial charge in [0.05, 0.1) is 11.8 Å². The molecule has 2 rings (SSSR count). The first-order chi connectivity index (χ1) is 8.59. The van der Waals surface area contributed by atoms with Gasteiger partial charge in [-0.15, -0.1) is 0 Å². The van der Waals surface area contributed by atoms with Gasteiger partial charge in [0, 0.05) is 38.3 Å². The number of aromatic amines is 1. The van der Waals surface area contributed by atoms with Crippen LogP contribution in [0.3, 0.4) is 0 Å².